The molecule has 1 aromatic carbocycles. The summed E-state index contributed by atoms with van der Waals surface area (Å²) in [5, 5.41) is 13.9. The smallest absolute Gasteiger partial charge is 0.304 e. The number of benzene rings is 1. The van der Waals surface area contributed by atoms with Crippen molar-refractivity contribution in [3.05, 3.63) is 29.6 Å². The number of carbonyl (C=O) groups is 2. The zero-order valence-electron chi connectivity index (χ0n) is 14.4. The predicted octanol–water partition coefficient (Wildman–Crippen LogP) is 2.55. The molecule has 0 aliphatic carbocycles. The number of aromatic nitrogens is 1. The Morgan fingerprint density at radius 1 is 1.36 bits per heavy atom. The van der Waals surface area contributed by atoms with E-state index in [1.54, 1.807) is 26.0 Å². The minimum atomic E-state index is -0.886. The molecule has 0 aliphatic rings. The molecule has 0 saturated carbocycles. The molecule has 2 rings (SSSR count). The monoisotopic (exact) mass is 363 g/mol. The van der Waals surface area contributed by atoms with Crippen LogP contribution in [0.3, 0.4) is 0 Å². The second kappa shape index (κ2) is 8.59. The lowest BCUT2D eigenvalue weighted by atomic mass is 10.2. The Hall–Kier alpha value is -2.45. The van der Waals surface area contributed by atoms with Crippen molar-refractivity contribution in [1.29, 1.82) is 0 Å². The Morgan fingerprint density at radius 3 is 2.64 bits per heavy atom. The van der Waals surface area contributed by atoms with Crippen LogP contribution in [0.1, 0.15) is 13.3 Å². The minimum absolute atomic E-state index is 0.00695. The van der Waals surface area contributed by atoms with Gasteiger partial charge in [0.25, 0.3) is 0 Å². The normalized spacial score (nSPS) is 12.0. The van der Waals surface area contributed by atoms with Gasteiger partial charge in [-0.3, -0.25) is 14.5 Å². The number of carbonyl (C=O) groups excluding carboxylic acids is 1. The number of hydrogen-bond donors (Lipinski definition) is 2. The maximum absolute atomic E-state index is 12.3. The summed E-state index contributed by atoms with van der Waals surface area (Å²) < 4.78 is 5.13. The van der Waals surface area contributed by atoms with E-state index in [0.29, 0.717) is 11.7 Å². The lowest BCUT2D eigenvalue weighted by Gasteiger charge is -2.22. The van der Waals surface area contributed by atoms with Gasteiger partial charge in [0, 0.05) is 17.5 Å². The van der Waals surface area contributed by atoms with Crippen molar-refractivity contribution in [3.8, 4) is 17.0 Å². The van der Waals surface area contributed by atoms with Crippen LogP contribution in [0.2, 0.25) is 0 Å². The maximum atomic E-state index is 12.3. The second-order valence-corrected chi connectivity index (χ2v) is 6.41. The molecule has 7 nitrogen and oxygen atoms in total. The molecule has 0 aliphatic heterocycles. The summed E-state index contributed by atoms with van der Waals surface area (Å²) in [6.07, 6.45) is -0.00695. The first kappa shape index (κ1) is 18.9. The van der Waals surface area contributed by atoms with Crippen LogP contribution in [0.5, 0.6) is 5.75 Å². The number of nitrogens with zero attached hydrogens (tertiary/aromatic N) is 2. The fourth-order valence-corrected chi connectivity index (χ4v) is 2.82. The number of methoxy groups -OCH3 is 1. The third-order valence-corrected chi connectivity index (χ3v) is 4.60. The van der Waals surface area contributed by atoms with Gasteiger partial charge in [-0.05, 0) is 38.2 Å². The van der Waals surface area contributed by atoms with E-state index in [9.17, 15) is 9.59 Å². The number of carboxylic acid groups (broad SMARTS) is 1. The van der Waals surface area contributed by atoms with Crippen LogP contribution >= 0.6 is 11.3 Å². The van der Waals surface area contributed by atoms with E-state index in [2.05, 4.69) is 10.3 Å². The third kappa shape index (κ3) is 5.27. The summed E-state index contributed by atoms with van der Waals surface area (Å²) in [6.45, 7) is 2.04. The summed E-state index contributed by atoms with van der Waals surface area (Å²) in [5.74, 6) is -0.335. The predicted molar refractivity (Wildman–Crippen MR) is 97.1 cm³/mol. The molecular formula is C17H21N3O4S. The first-order chi connectivity index (χ1) is 11.9. The number of ether oxygens (including phenoxy) is 1. The summed E-state index contributed by atoms with van der Waals surface area (Å²) in [4.78, 5) is 29.0. The molecule has 134 valence electrons. The highest BCUT2D eigenvalue weighted by Gasteiger charge is 2.19. The molecule has 2 aromatic rings. The van der Waals surface area contributed by atoms with Gasteiger partial charge < -0.3 is 15.2 Å². The lowest BCUT2D eigenvalue weighted by molar-refractivity contribution is -0.137. The minimum Gasteiger partial charge on any atom is -0.497 e. The first-order valence-corrected chi connectivity index (χ1v) is 8.61. The van der Waals surface area contributed by atoms with Crippen LogP contribution in [0.25, 0.3) is 11.3 Å². The highest BCUT2D eigenvalue weighted by molar-refractivity contribution is 7.14. The molecule has 25 heavy (non-hydrogen) atoms. The number of anilines is 1. The number of hydrogen-bond acceptors (Lipinski definition) is 6. The number of nitrogens with one attached hydrogen (secondary N) is 1. The van der Waals surface area contributed by atoms with Gasteiger partial charge >= 0.3 is 5.97 Å². The van der Waals surface area contributed by atoms with Crippen molar-refractivity contribution in [2.75, 3.05) is 26.0 Å². The standard InChI is InChI=1S/C17H21N3O4S/c1-11(20(2)9-8-15(21)22)16(23)19-17-18-14(10-25-17)12-4-6-13(24-3)7-5-12/h4-7,10-11H,8-9H2,1-3H3,(H,21,22)(H,18,19,23). The summed E-state index contributed by atoms with van der Waals surface area (Å²) >= 11 is 1.34. The topological polar surface area (TPSA) is 91.8 Å². The van der Waals surface area contributed by atoms with Crippen LogP contribution in [0.15, 0.2) is 29.6 Å². The molecule has 1 atom stereocenters. The van der Waals surface area contributed by atoms with E-state index in [4.69, 9.17) is 9.84 Å². The van der Waals surface area contributed by atoms with Crippen molar-refractivity contribution in [2.24, 2.45) is 0 Å². The zero-order chi connectivity index (χ0) is 18.4. The van der Waals surface area contributed by atoms with E-state index < -0.39 is 12.0 Å². The van der Waals surface area contributed by atoms with E-state index >= 15 is 0 Å². The van der Waals surface area contributed by atoms with Crippen molar-refractivity contribution >= 4 is 28.3 Å². The molecule has 0 fully saturated rings. The molecule has 0 bridgehead atoms. The average Bonchev–Trinajstić information content (AvgIpc) is 3.07. The maximum Gasteiger partial charge on any atom is 0.304 e. The largest absolute Gasteiger partial charge is 0.497 e. The molecule has 0 spiro atoms. The van der Waals surface area contributed by atoms with Crippen LogP contribution in [0, 0.1) is 0 Å². The number of carboxylic acids is 1. The van der Waals surface area contributed by atoms with Crippen molar-refractivity contribution in [1.82, 2.24) is 9.88 Å². The fraction of sp³-hybridized carbons (Fsp3) is 0.353. The highest BCUT2D eigenvalue weighted by Crippen LogP contribution is 2.26. The molecule has 1 heterocycles. The quantitative estimate of drug-likeness (QED) is 0.749. The van der Waals surface area contributed by atoms with E-state index in [0.717, 1.165) is 17.0 Å². The van der Waals surface area contributed by atoms with Crippen LogP contribution < -0.4 is 10.1 Å². The number of thiazole rings is 1. The van der Waals surface area contributed by atoms with E-state index in [-0.39, 0.29) is 12.3 Å². The third-order valence-electron chi connectivity index (χ3n) is 3.84. The summed E-state index contributed by atoms with van der Waals surface area (Å²) in [7, 11) is 3.33. The van der Waals surface area contributed by atoms with E-state index in [1.807, 2.05) is 29.6 Å². The van der Waals surface area contributed by atoms with Gasteiger partial charge in [0.15, 0.2) is 5.13 Å². The molecular weight excluding hydrogens is 342 g/mol. The number of aliphatic carboxylic acids is 1. The van der Waals surface area contributed by atoms with Gasteiger partial charge in [0.1, 0.15) is 5.75 Å². The van der Waals surface area contributed by atoms with Crippen LogP contribution in [0.4, 0.5) is 5.13 Å². The second-order valence-electron chi connectivity index (χ2n) is 5.56. The average molecular weight is 363 g/mol. The molecule has 1 amide bonds. The Balaban J connectivity index is 1.97. The highest BCUT2D eigenvalue weighted by atomic mass is 32.1. The van der Waals surface area contributed by atoms with Crippen LogP contribution in [-0.4, -0.2) is 53.6 Å². The van der Waals surface area contributed by atoms with Gasteiger partial charge in [-0.1, -0.05) is 0 Å². The van der Waals surface area contributed by atoms with Crippen molar-refractivity contribution < 1.29 is 19.4 Å². The van der Waals surface area contributed by atoms with Crippen molar-refractivity contribution in [2.45, 2.75) is 19.4 Å². The van der Waals surface area contributed by atoms with Crippen molar-refractivity contribution in [3.63, 3.8) is 0 Å². The summed E-state index contributed by atoms with van der Waals surface area (Å²) in [5.41, 5.74) is 1.71. The summed E-state index contributed by atoms with van der Waals surface area (Å²) in [6, 6.07) is 7.07. The molecule has 0 radical (unpaired) electrons. The first-order valence-electron chi connectivity index (χ1n) is 7.73. The van der Waals surface area contributed by atoms with Gasteiger partial charge in [-0.15, -0.1) is 11.3 Å². The Bertz CT molecular complexity index is 730. The number of amides is 1. The van der Waals surface area contributed by atoms with Gasteiger partial charge in [-0.25, -0.2) is 4.98 Å². The Labute approximate surface area is 150 Å². The van der Waals surface area contributed by atoms with Gasteiger partial charge in [0.2, 0.25) is 5.91 Å². The SMILES string of the molecule is COc1ccc(-c2csc(NC(=O)C(C)N(C)CCC(=O)O)n2)cc1. The number of rotatable bonds is 8. The Morgan fingerprint density at radius 2 is 2.04 bits per heavy atom. The fourth-order valence-electron chi connectivity index (χ4n) is 2.10. The molecule has 0 saturated heterocycles. The van der Waals surface area contributed by atoms with Crippen LogP contribution in [-0.2, 0) is 9.59 Å². The molecule has 1 aromatic heterocycles. The van der Waals surface area contributed by atoms with Gasteiger partial charge in [-0.2, -0.15) is 0 Å². The van der Waals surface area contributed by atoms with Gasteiger partial charge in [0.05, 0.1) is 25.3 Å². The lowest BCUT2D eigenvalue weighted by Crippen LogP contribution is -2.40. The number of likely N-dealkylation sites (N-methyl/N-ethyl adjacent to an activating group) is 1. The molecule has 1 unspecified atom stereocenters. The molecule has 2 N–H and O–H groups in total. The Kier molecular flexibility index (Phi) is 6.49. The molecule has 8 heteroatoms. The van der Waals surface area contributed by atoms with E-state index in [1.165, 1.54) is 11.3 Å². The zero-order valence-corrected chi connectivity index (χ0v) is 15.2.